The van der Waals surface area contributed by atoms with Gasteiger partial charge in [-0.2, -0.15) is 0 Å². The Labute approximate surface area is 104 Å². The van der Waals surface area contributed by atoms with Crippen LogP contribution >= 0.6 is 0 Å². The number of anilines is 1. The lowest BCUT2D eigenvalue weighted by Crippen LogP contribution is -2.15. The second kappa shape index (κ2) is 6.41. The first-order valence-corrected chi connectivity index (χ1v) is 5.10. The fourth-order valence-corrected chi connectivity index (χ4v) is 1.24. The summed E-state index contributed by atoms with van der Waals surface area (Å²) in [4.78, 5) is 22.1. The molecular weight excluding hydrogens is 238 g/mol. The number of aliphatic hydroxyl groups is 1. The van der Waals surface area contributed by atoms with Gasteiger partial charge in [-0.1, -0.05) is 18.7 Å². The normalized spacial score (nSPS) is 9.61. The average molecular weight is 251 g/mol. The molecule has 0 aromatic heterocycles. The largest absolute Gasteiger partial charge is 0.478 e. The van der Waals surface area contributed by atoms with Crippen molar-refractivity contribution in [2.24, 2.45) is 0 Å². The van der Waals surface area contributed by atoms with Gasteiger partial charge in [-0.25, -0.2) is 9.59 Å². The van der Waals surface area contributed by atoms with Crippen LogP contribution in [-0.2, 0) is 11.3 Å². The molecule has 0 aliphatic carbocycles. The van der Waals surface area contributed by atoms with Gasteiger partial charge in [0.2, 0.25) is 0 Å². The Morgan fingerprint density at radius 2 is 2.17 bits per heavy atom. The van der Waals surface area contributed by atoms with Crippen LogP contribution in [0.25, 0.3) is 0 Å². The number of aliphatic hydroxyl groups excluding tert-OH is 1. The maximum atomic E-state index is 11.3. The smallest absolute Gasteiger partial charge is 0.411 e. The standard InChI is InChI=1S/C12H13NO5/c1-2-5-18-12(17)13-10-6-8(11(15)16)3-4-9(10)7-14/h2-4,6,14H,1,5,7H2,(H,13,17)(H,15,16). The van der Waals surface area contributed by atoms with E-state index in [2.05, 4.69) is 11.9 Å². The molecule has 6 nitrogen and oxygen atoms in total. The Balaban J connectivity index is 2.90. The Kier molecular flexibility index (Phi) is 4.89. The number of hydrogen-bond donors (Lipinski definition) is 3. The predicted molar refractivity (Wildman–Crippen MR) is 64.5 cm³/mol. The molecule has 1 amide bonds. The molecule has 96 valence electrons. The van der Waals surface area contributed by atoms with E-state index >= 15 is 0 Å². The molecule has 0 bridgehead atoms. The van der Waals surface area contributed by atoms with Crippen molar-refractivity contribution >= 4 is 17.7 Å². The van der Waals surface area contributed by atoms with Crippen LogP contribution in [0.4, 0.5) is 10.5 Å². The molecule has 0 spiro atoms. The van der Waals surface area contributed by atoms with Crippen molar-refractivity contribution in [2.45, 2.75) is 6.61 Å². The van der Waals surface area contributed by atoms with Crippen LogP contribution in [0, 0.1) is 0 Å². The minimum Gasteiger partial charge on any atom is -0.478 e. The van der Waals surface area contributed by atoms with Crippen LogP contribution in [-0.4, -0.2) is 28.9 Å². The molecule has 0 heterocycles. The number of aromatic carboxylic acids is 1. The first kappa shape index (κ1) is 13.7. The molecule has 18 heavy (non-hydrogen) atoms. The first-order chi connectivity index (χ1) is 8.58. The van der Waals surface area contributed by atoms with Crippen LogP contribution in [0.1, 0.15) is 15.9 Å². The van der Waals surface area contributed by atoms with E-state index in [4.69, 9.17) is 14.9 Å². The van der Waals surface area contributed by atoms with Gasteiger partial charge in [-0.05, 0) is 12.1 Å². The summed E-state index contributed by atoms with van der Waals surface area (Å²) in [6, 6.07) is 4.02. The van der Waals surface area contributed by atoms with Gasteiger partial charge in [-0.15, -0.1) is 0 Å². The summed E-state index contributed by atoms with van der Waals surface area (Å²) in [6.45, 7) is 3.11. The summed E-state index contributed by atoms with van der Waals surface area (Å²) in [5, 5.41) is 20.3. The van der Waals surface area contributed by atoms with Crippen molar-refractivity contribution in [1.29, 1.82) is 0 Å². The summed E-state index contributed by atoms with van der Waals surface area (Å²) in [5.41, 5.74) is 0.605. The Morgan fingerprint density at radius 1 is 1.44 bits per heavy atom. The van der Waals surface area contributed by atoms with E-state index in [-0.39, 0.29) is 24.5 Å². The molecule has 0 atom stereocenters. The second-order valence-electron chi connectivity index (χ2n) is 3.35. The molecule has 3 N–H and O–H groups in total. The molecule has 0 saturated heterocycles. The van der Waals surface area contributed by atoms with Crippen molar-refractivity contribution in [3.8, 4) is 0 Å². The van der Waals surface area contributed by atoms with Crippen molar-refractivity contribution < 1.29 is 24.5 Å². The fourth-order valence-electron chi connectivity index (χ4n) is 1.24. The number of benzene rings is 1. The number of carboxylic acid groups (broad SMARTS) is 1. The topological polar surface area (TPSA) is 95.9 Å². The molecule has 6 heteroatoms. The van der Waals surface area contributed by atoms with Gasteiger partial charge < -0.3 is 14.9 Å². The zero-order valence-corrected chi connectivity index (χ0v) is 9.55. The van der Waals surface area contributed by atoms with Crippen LogP contribution < -0.4 is 5.32 Å². The minimum absolute atomic E-state index is 0.00576. The number of hydrogen-bond acceptors (Lipinski definition) is 4. The number of nitrogens with one attached hydrogen (secondary N) is 1. The minimum atomic E-state index is -1.12. The highest BCUT2D eigenvalue weighted by atomic mass is 16.5. The fraction of sp³-hybridized carbons (Fsp3) is 0.167. The number of rotatable bonds is 5. The zero-order valence-electron chi connectivity index (χ0n) is 9.55. The third-order valence-electron chi connectivity index (χ3n) is 2.10. The Bertz CT molecular complexity index is 470. The number of ether oxygens (including phenoxy) is 1. The molecule has 0 aliphatic rings. The summed E-state index contributed by atoms with van der Waals surface area (Å²) >= 11 is 0. The molecular formula is C12H13NO5. The van der Waals surface area contributed by atoms with E-state index in [1.165, 1.54) is 24.3 Å². The molecule has 0 aliphatic heterocycles. The van der Waals surface area contributed by atoms with Crippen LogP contribution in [0.2, 0.25) is 0 Å². The summed E-state index contributed by atoms with van der Waals surface area (Å²) in [5.74, 6) is -1.12. The van der Waals surface area contributed by atoms with E-state index in [1.807, 2.05) is 0 Å². The van der Waals surface area contributed by atoms with Gasteiger partial charge in [0, 0.05) is 5.56 Å². The monoisotopic (exact) mass is 251 g/mol. The average Bonchev–Trinajstić information content (AvgIpc) is 2.36. The van der Waals surface area contributed by atoms with Gasteiger partial charge in [0.1, 0.15) is 6.61 Å². The van der Waals surface area contributed by atoms with Crippen molar-refractivity contribution in [3.05, 3.63) is 42.0 Å². The number of carboxylic acids is 1. The first-order valence-electron chi connectivity index (χ1n) is 5.10. The van der Waals surface area contributed by atoms with Gasteiger partial charge in [0.25, 0.3) is 0 Å². The third kappa shape index (κ3) is 3.60. The Morgan fingerprint density at radius 3 is 2.72 bits per heavy atom. The van der Waals surface area contributed by atoms with E-state index < -0.39 is 12.1 Å². The lowest BCUT2D eigenvalue weighted by molar-refractivity contribution is 0.0696. The van der Waals surface area contributed by atoms with Crippen molar-refractivity contribution in [2.75, 3.05) is 11.9 Å². The lowest BCUT2D eigenvalue weighted by atomic mass is 10.1. The highest BCUT2D eigenvalue weighted by Gasteiger charge is 2.11. The highest BCUT2D eigenvalue weighted by molar-refractivity contribution is 5.92. The van der Waals surface area contributed by atoms with Gasteiger partial charge in [-0.3, -0.25) is 5.32 Å². The second-order valence-corrected chi connectivity index (χ2v) is 3.35. The van der Waals surface area contributed by atoms with Gasteiger partial charge >= 0.3 is 12.1 Å². The van der Waals surface area contributed by atoms with E-state index in [0.717, 1.165) is 0 Å². The number of carbonyl (C=O) groups is 2. The third-order valence-corrected chi connectivity index (χ3v) is 2.10. The zero-order chi connectivity index (χ0) is 13.5. The summed E-state index contributed by atoms with van der Waals surface area (Å²) < 4.78 is 4.70. The van der Waals surface area contributed by atoms with Crippen LogP contribution in [0.5, 0.6) is 0 Å². The van der Waals surface area contributed by atoms with E-state index in [0.29, 0.717) is 5.56 Å². The van der Waals surface area contributed by atoms with Crippen LogP contribution in [0.15, 0.2) is 30.9 Å². The number of amides is 1. The highest BCUT2D eigenvalue weighted by Crippen LogP contribution is 2.18. The van der Waals surface area contributed by atoms with Crippen molar-refractivity contribution in [1.82, 2.24) is 0 Å². The van der Waals surface area contributed by atoms with Crippen LogP contribution in [0.3, 0.4) is 0 Å². The summed E-state index contributed by atoms with van der Waals surface area (Å²) in [6.07, 6.45) is 0.660. The van der Waals surface area contributed by atoms with E-state index in [1.54, 1.807) is 0 Å². The lowest BCUT2D eigenvalue weighted by Gasteiger charge is -2.10. The Hall–Kier alpha value is -2.34. The molecule has 0 fully saturated rings. The number of carbonyl (C=O) groups excluding carboxylic acids is 1. The molecule has 0 unspecified atom stereocenters. The molecule has 0 radical (unpaired) electrons. The predicted octanol–water partition coefficient (Wildman–Crippen LogP) is 1.61. The molecule has 1 aromatic rings. The van der Waals surface area contributed by atoms with Gasteiger partial charge in [0.05, 0.1) is 17.9 Å². The molecule has 1 aromatic carbocycles. The van der Waals surface area contributed by atoms with Gasteiger partial charge in [0.15, 0.2) is 0 Å². The maximum absolute atomic E-state index is 11.3. The SMILES string of the molecule is C=CCOC(=O)Nc1cc(C(=O)O)ccc1CO. The summed E-state index contributed by atoms with van der Waals surface area (Å²) in [7, 11) is 0. The maximum Gasteiger partial charge on any atom is 0.411 e. The van der Waals surface area contributed by atoms with E-state index in [9.17, 15) is 9.59 Å². The quantitative estimate of drug-likeness (QED) is 0.691. The molecule has 0 saturated carbocycles. The molecule has 1 rings (SSSR count). The van der Waals surface area contributed by atoms with Crippen molar-refractivity contribution in [3.63, 3.8) is 0 Å².